The van der Waals surface area contributed by atoms with Gasteiger partial charge in [-0.3, -0.25) is 15.2 Å². The van der Waals surface area contributed by atoms with Gasteiger partial charge in [0, 0.05) is 60.6 Å². The van der Waals surface area contributed by atoms with Gasteiger partial charge in [-0.15, -0.1) is 0 Å². The van der Waals surface area contributed by atoms with Gasteiger partial charge in [0.25, 0.3) is 0 Å². The van der Waals surface area contributed by atoms with E-state index >= 15 is 0 Å². The number of benzene rings is 1. The number of hydrogen-bond acceptors (Lipinski definition) is 6. The van der Waals surface area contributed by atoms with Gasteiger partial charge in [-0.05, 0) is 75.5 Å². The number of H-pyrrole nitrogens is 1. The molecule has 0 radical (unpaired) electrons. The summed E-state index contributed by atoms with van der Waals surface area (Å²) in [6.07, 6.45) is 6.67. The second kappa shape index (κ2) is 9.23. The number of nitrogens with one attached hydrogen (secondary N) is 2. The molecular formula is C25H30N6O2. The molecule has 2 unspecified atom stereocenters. The van der Waals surface area contributed by atoms with Crippen LogP contribution in [0.25, 0.3) is 11.3 Å². The lowest BCUT2D eigenvalue weighted by molar-refractivity contribution is 0.204. The van der Waals surface area contributed by atoms with Crippen molar-refractivity contribution >= 4 is 17.5 Å². The lowest BCUT2D eigenvalue weighted by Gasteiger charge is -2.28. The molecule has 2 atom stereocenters. The molecule has 2 saturated heterocycles. The molecule has 2 N–H and O–H groups in total. The zero-order chi connectivity index (χ0) is 22.8. The molecule has 5 rings (SSSR count). The summed E-state index contributed by atoms with van der Waals surface area (Å²) in [5.74, 6) is 0.285. The Morgan fingerprint density at radius 2 is 2.00 bits per heavy atom. The van der Waals surface area contributed by atoms with Crippen LogP contribution in [-0.2, 0) is 0 Å². The molecule has 2 aliphatic heterocycles. The average molecular weight is 447 g/mol. The van der Waals surface area contributed by atoms with Crippen LogP contribution in [-0.4, -0.2) is 57.9 Å². The Labute approximate surface area is 194 Å². The summed E-state index contributed by atoms with van der Waals surface area (Å²) in [5, 5.41) is 9.78. The lowest BCUT2D eigenvalue weighted by atomic mass is 10.1. The van der Waals surface area contributed by atoms with E-state index in [-0.39, 0.29) is 5.88 Å². The predicted octanol–water partition coefficient (Wildman–Crippen LogP) is 4.45. The standard InChI is InChI=1S/C25H30N6O2/c1-17-14-20(30-13-9-21(16-30)31-12-3-4-18(31)2)5-6-22(17)27-25(32)33-24-15-23(28-29-24)19-7-10-26-11-8-19/h5-8,10-11,14-15,18,21H,3-4,9,12-13,16H2,1-2H3,(H,27,32)(H,28,29). The van der Waals surface area contributed by atoms with Crippen molar-refractivity contribution in [3.8, 4) is 17.1 Å². The molecular weight excluding hydrogens is 416 g/mol. The minimum Gasteiger partial charge on any atom is -0.391 e. The van der Waals surface area contributed by atoms with Crippen molar-refractivity contribution in [1.82, 2.24) is 20.1 Å². The van der Waals surface area contributed by atoms with Gasteiger partial charge in [-0.25, -0.2) is 9.89 Å². The number of aryl methyl sites for hydroxylation is 1. The van der Waals surface area contributed by atoms with Crippen LogP contribution < -0.4 is 15.0 Å². The second-order valence-corrected chi connectivity index (χ2v) is 8.98. The average Bonchev–Trinajstić information content (AvgIpc) is 3.57. The number of likely N-dealkylation sites (tertiary alicyclic amines) is 1. The maximum atomic E-state index is 12.4. The lowest BCUT2D eigenvalue weighted by Crippen LogP contribution is -2.39. The quantitative estimate of drug-likeness (QED) is 0.602. The SMILES string of the molecule is Cc1cc(N2CCC(N3CCCC3C)C2)ccc1NC(=O)Oc1cc(-c2ccncc2)n[nH]1. The third kappa shape index (κ3) is 4.71. The fourth-order valence-electron chi connectivity index (χ4n) is 4.99. The van der Waals surface area contributed by atoms with Crippen LogP contribution >= 0.6 is 0 Å². The van der Waals surface area contributed by atoms with E-state index in [1.54, 1.807) is 18.5 Å². The Morgan fingerprint density at radius 1 is 1.15 bits per heavy atom. The molecule has 8 nitrogen and oxygen atoms in total. The summed E-state index contributed by atoms with van der Waals surface area (Å²) >= 11 is 0. The number of amides is 1. The Morgan fingerprint density at radius 3 is 2.76 bits per heavy atom. The topological polar surface area (TPSA) is 86.4 Å². The molecule has 2 aliphatic rings. The monoisotopic (exact) mass is 446 g/mol. The van der Waals surface area contributed by atoms with E-state index in [1.807, 2.05) is 25.1 Å². The van der Waals surface area contributed by atoms with Crippen LogP contribution in [0.5, 0.6) is 5.88 Å². The van der Waals surface area contributed by atoms with Gasteiger partial charge < -0.3 is 9.64 Å². The molecule has 0 bridgehead atoms. The van der Waals surface area contributed by atoms with E-state index in [9.17, 15) is 4.79 Å². The second-order valence-electron chi connectivity index (χ2n) is 8.98. The number of ether oxygens (including phenoxy) is 1. The van der Waals surface area contributed by atoms with Crippen LogP contribution in [0, 0.1) is 6.92 Å². The number of hydrogen-bond donors (Lipinski definition) is 2. The molecule has 1 amide bonds. The highest BCUT2D eigenvalue weighted by Gasteiger charge is 2.33. The van der Waals surface area contributed by atoms with E-state index in [1.165, 1.54) is 31.5 Å². The number of carbonyl (C=O) groups is 1. The number of aromatic amines is 1. The van der Waals surface area contributed by atoms with E-state index in [0.717, 1.165) is 29.9 Å². The van der Waals surface area contributed by atoms with E-state index < -0.39 is 6.09 Å². The minimum absolute atomic E-state index is 0.285. The summed E-state index contributed by atoms with van der Waals surface area (Å²) in [6, 6.07) is 12.9. The van der Waals surface area contributed by atoms with Gasteiger partial charge in [0.1, 0.15) is 0 Å². The van der Waals surface area contributed by atoms with Crippen LogP contribution in [0.15, 0.2) is 48.8 Å². The molecule has 2 fully saturated rings. The van der Waals surface area contributed by atoms with E-state index in [0.29, 0.717) is 17.8 Å². The van der Waals surface area contributed by atoms with E-state index in [2.05, 4.69) is 49.4 Å². The van der Waals surface area contributed by atoms with Crippen molar-refractivity contribution in [2.45, 2.75) is 45.2 Å². The van der Waals surface area contributed by atoms with Gasteiger partial charge in [-0.1, -0.05) is 0 Å². The molecule has 172 valence electrons. The molecule has 4 heterocycles. The van der Waals surface area contributed by atoms with Crippen LogP contribution in [0.2, 0.25) is 0 Å². The third-order valence-electron chi connectivity index (χ3n) is 6.78. The van der Waals surface area contributed by atoms with Crippen molar-refractivity contribution in [1.29, 1.82) is 0 Å². The zero-order valence-corrected chi connectivity index (χ0v) is 19.1. The van der Waals surface area contributed by atoms with Crippen molar-refractivity contribution in [3.05, 3.63) is 54.4 Å². The first kappa shape index (κ1) is 21.5. The maximum absolute atomic E-state index is 12.4. The predicted molar refractivity (Wildman–Crippen MR) is 129 cm³/mol. The first-order chi connectivity index (χ1) is 16.1. The molecule has 0 aliphatic carbocycles. The fourth-order valence-corrected chi connectivity index (χ4v) is 4.99. The Bertz CT molecular complexity index is 1120. The summed E-state index contributed by atoms with van der Waals surface area (Å²) in [6.45, 7) is 7.72. The highest BCUT2D eigenvalue weighted by molar-refractivity contribution is 5.87. The van der Waals surface area contributed by atoms with Crippen molar-refractivity contribution in [2.75, 3.05) is 29.9 Å². The molecule has 8 heteroatoms. The van der Waals surface area contributed by atoms with Crippen LogP contribution in [0.1, 0.15) is 31.7 Å². The molecule has 33 heavy (non-hydrogen) atoms. The summed E-state index contributed by atoms with van der Waals surface area (Å²) < 4.78 is 5.39. The maximum Gasteiger partial charge on any atom is 0.418 e. The molecule has 0 saturated carbocycles. The molecule has 3 aromatic rings. The highest BCUT2D eigenvalue weighted by Crippen LogP contribution is 2.30. The first-order valence-electron chi connectivity index (χ1n) is 11.6. The fraction of sp³-hybridized carbons (Fsp3) is 0.400. The number of rotatable bonds is 5. The number of pyridine rings is 1. The Balaban J connectivity index is 1.19. The van der Waals surface area contributed by atoms with Gasteiger partial charge in [0.05, 0.1) is 5.69 Å². The van der Waals surface area contributed by atoms with Gasteiger partial charge in [-0.2, -0.15) is 5.10 Å². The number of anilines is 2. The van der Waals surface area contributed by atoms with Gasteiger partial charge >= 0.3 is 6.09 Å². The highest BCUT2D eigenvalue weighted by atomic mass is 16.6. The molecule has 1 aromatic carbocycles. The summed E-state index contributed by atoms with van der Waals surface area (Å²) in [7, 11) is 0. The smallest absolute Gasteiger partial charge is 0.391 e. The zero-order valence-electron chi connectivity index (χ0n) is 19.1. The molecule has 0 spiro atoms. The Hall–Kier alpha value is -3.39. The van der Waals surface area contributed by atoms with Crippen LogP contribution in [0.3, 0.4) is 0 Å². The summed E-state index contributed by atoms with van der Waals surface area (Å²) in [4.78, 5) is 21.6. The summed E-state index contributed by atoms with van der Waals surface area (Å²) in [5.41, 5.74) is 4.53. The minimum atomic E-state index is -0.556. The number of carbonyl (C=O) groups excluding carboxylic acids is 1. The van der Waals surface area contributed by atoms with Crippen molar-refractivity contribution in [3.63, 3.8) is 0 Å². The van der Waals surface area contributed by atoms with Gasteiger partial charge in [0.2, 0.25) is 5.88 Å². The Kier molecular flexibility index (Phi) is 6.00. The number of nitrogens with zero attached hydrogens (tertiary/aromatic N) is 4. The molecule has 2 aromatic heterocycles. The van der Waals surface area contributed by atoms with E-state index in [4.69, 9.17) is 4.74 Å². The van der Waals surface area contributed by atoms with Crippen molar-refractivity contribution in [2.24, 2.45) is 0 Å². The third-order valence-corrected chi connectivity index (χ3v) is 6.78. The largest absolute Gasteiger partial charge is 0.418 e. The van der Waals surface area contributed by atoms with Crippen LogP contribution in [0.4, 0.5) is 16.2 Å². The van der Waals surface area contributed by atoms with Gasteiger partial charge in [0.15, 0.2) is 0 Å². The normalized spacial score (nSPS) is 20.8. The number of aromatic nitrogens is 3. The van der Waals surface area contributed by atoms with Crippen molar-refractivity contribution < 1.29 is 9.53 Å². The first-order valence-corrected chi connectivity index (χ1v) is 11.6.